The fraction of sp³-hybridized carbons (Fsp3) is 0.650. The number of hydrogen-bond acceptors (Lipinski definition) is 6. The van der Waals surface area contributed by atoms with Gasteiger partial charge in [-0.15, -0.1) is 11.3 Å². The molecule has 0 saturated heterocycles. The van der Waals surface area contributed by atoms with Crippen LogP contribution in [0, 0.1) is 5.92 Å². The molecule has 3 aliphatic rings. The Labute approximate surface area is 167 Å². The molecule has 7 nitrogen and oxygen atoms in total. The summed E-state index contributed by atoms with van der Waals surface area (Å²) in [5.74, 6) is 0.825. The van der Waals surface area contributed by atoms with Gasteiger partial charge in [-0.1, -0.05) is 6.42 Å². The predicted octanol–water partition coefficient (Wildman–Crippen LogP) is 1.78. The fourth-order valence-electron chi connectivity index (χ4n) is 5.13. The average molecular weight is 403 g/mol. The fourth-order valence-corrected chi connectivity index (χ4v) is 6.40. The van der Waals surface area contributed by atoms with Gasteiger partial charge in [0.2, 0.25) is 5.91 Å². The van der Waals surface area contributed by atoms with Gasteiger partial charge in [0.05, 0.1) is 30.5 Å². The minimum absolute atomic E-state index is 0.0332. The number of thiophene rings is 1. The molecule has 2 aromatic rings. The number of rotatable bonds is 3. The van der Waals surface area contributed by atoms with E-state index < -0.39 is 0 Å². The van der Waals surface area contributed by atoms with Crippen molar-refractivity contribution in [2.45, 2.75) is 44.8 Å². The Morgan fingerprint density at radius 1 is 1.25 bits per heavy atom. The van der Waals surface area contributed by atoms with E-state index in [1.165, 1.54) is 10.4 Å². The predicted molar refractivity (Wildman–Crippen MR) is 108 cm³/mol. The van der Waals surface area contributed by atoms with Gasteiger partial charge >= 0.3 is 0 Å². The zero-order valence-electron chi connectivity index (χ0n) is 16.4. The zero-order chi connectivity index (χ0) is 19.4. The molecule has 1 fully saturated rings. The second-order valence-corrected chi connectivity index (χ2v) is 9.29. The van der Waals surface area contributed by atoms with E-state index in [1.54, 1.807) is 23.3 Å². The lowest BCUT2D eigenvalue weighted by Gasteiger charge is -2.26. The first kappa shape index (κ1) is 18.3. The highest BCUT2D eigenvalue weighted by atomic mass is 32.1. The van der Waals surface area contributed by atoms with Crippen molar-refractivity contribution in [3.8, 4) is 0 Å². The molecule has 2 aliphatic heterocycles. The highest BCUT2D eigenvalue weighted by Crippen LogP contribution is 2.40. The minimum atomic E-state index is -0.0813. The summed E-state index contributed by atoms with van der Waals surface area (Å²) in [6, 6.07) is -0.0332. The molecule has 2 atom stereocenters. The van der Waals surface area contributed by atoms with Crippen molar-refractivity contribution in [3.63, 3.8) is 0 Å². The molecule has 1 saturated carbocycles. The van der Waals surface area contributed by atoms with Crippen molar-refractivity contribution in [2.24, 2.45) is 5.92 Å². The first-order chi connectivity index (χ1) is 13.6. The molecule has 2 aromatic heterocycles. The summed E-state index contributed by atoms with van der Waals surface area (Å²) in [5, 5.41) is 0.804. The second-order valence-electron chi connectivity index (χ2n) is 8.21. The topological polar surface area (TPSA) is 67.7 Å². The van der Waals surface area contributed by atoms with Crippen LogP contribution < -0.4 is 5.56 Å². The Morgan fingerprint density at radius 3 is 2.93 bits per heavy atom. The lowest BCUT2D eigenvalue weighted by Crippen LogP contribution is -2.34. The number of methoxy groups -OCH3 is 1. The SMILES string of the molecule is COCCN1CCc2c(sc3nc4n(c(=O)c23)[C@H]2CCC[C@@H]2C(=O)N(C)C4)C1. The number of carbonyl (C=O) groups excluding carboxylic acids is 1. The van der Waals surface area contributed by atoms with Crippen LogP contribution in [0.2, 0.25) is 0 Å². The normalized spacial score (nSPS) is 24.9. The van der Waals surface area contributed by atoms with Gasteiger partial charge in [-0.25, -0.2) is 4.98 Å². The van der Waals surface area contributed by atoms with E-state index in [-0.39, 0.29) is 23.4 Å². The van der Waals surface area contributed by atoms with Crippen molar-refractivity contribution >= 4 is 27.5 Å². The van der Waals surface area contributed by atoms with Crippen molar-refractivity contribution in [2.75, 3.05) is 33.9 Å². The molecule has 0 bridgehead atoms. The summed E-state index contributed by atoms with van der Waals surface area (Å²) in [7, 11) is 3.56. The first-order valence-electron chi connectivity index (χ1n) is 10.1. The maximum atomic E-state index is 13.6. The van der Waals surface area contributed by atoms with Crippen LogP contribution in [0.25, 0.3) is 10.2 Å². The Bertz CT molecular complexity index is 997. The largest absolute Gasteiger partial charge is 0.383 e. The number of fused-ring (bicyclic) bond motifs is 6. The number of ether oxygens (including phenoxy) is 1. The molecule has 28 heavy (non-hydrogen) atoms. The summed E-state index contributed by atoms with van der Waals surface area (Å²) in [5.41, 5.74) is 1.25. The summed E-state index contributed by atoms with van der Waals surface area (Å²) >= 11 is 1.65. The molecule has 8 heteroatoms. The van der Waals surface area contributed by atoms with Crippen LogP contribution in [0.3, 0.4) is 0 Å². The molecule has 5 rings (SSSR count). The quantitative estimate of drug-likeness (QED) is 0.783. The van der Waals surface area contributed by atoms with Gasteiger partial charge in [-0.3, -0.25) is 19.1 Å². The van der Waals surface area contributed by atoms with Crippen LogP contribution in [-0.2, 0) is 29.0 Å². The third kappa shape index (κ3) is 2.73. The Morgan fingerprint density at radius 2 is 2.11 bits per heavy atom. The van der Waals surface area contributed by atoms with Crippen LogP contribution >= 0.6 is 11.3 Å². The monoisotopic (exact) mass is 402 g/mol. The summed E-state index contributed by atoms with van der Waals surface area (Å²) in [4.78, 5) is 37.5. The summed E-state index contributed by atoms with van der Waals surface area (Å²) in [6.07, 6.45) is 3.63. The standard InChI is InChI=1S/C20H26N4O3S/c1-22-11-16-21-18-17(13-6-7-23(8-9-27-2)10-15(13)28-18)20(26)24(16)14-5-3-4-12(14)19(22)25/h12,14H,3-11H2,1-2H3/t12-,14-/m0/s1. The molecule has 0 spiro atoms. The van der Waals surface area contributed by atoms with E-state index >= 15 is 0 Å². The van der Waals surface area contributed by atoms with Crippen LogP contribution in [-0.4, -0.2) is 59.1 Å². The van der Waals surface area contributed by atoms with Gasteiger partial charge in [0.25, 0.3) is 5.56 Å². The molecule has 0 radical (unpaired) electrons. The highest BCUT2D eigenvalue weighted by Gasteiger charge is 2.41. The summed E-state index contributed by atoms with van der Waals surface area (Å²) < 4.78 is 7.09. The maximum Gasteiger partial charge on any atom is 0.262 e. The molecule has 0 aromatic carbocycles. The van der Waals surface area contributed by atoms with Crippen LogP contribution in [0.5, 0.6) is 0 Å². The number of hydrogen-bond donors (Lipinski definition) is 0. The first-order valence-corrected chi connectivity index (χ1v) is 10.9. The van der Waals surface area contributed by atoms with Crippen molar-refractivity contribution in [3.05, 3.63) is 26.6 Å². The molecular weight excluding hydrogens is 376 g/mol. The van der Waals surface area contributed by atoms with E-state index in [9.17, 15) is 9.59 Å². The Balaban J connectivity index is 1.62. The molecule has 1 aliphatic carbocycles. The van der Waals surface area contributed by atoms with Crippen LogP contribution in [0.4, 0.5) is 0 Å². The molecular formula is C20H26N4O3S. The molecule has 0 unspecified atom stereocenters. The third-order valence-electron chi connectivity index (χ3n) is 6.55. The number of aromatic nitrogens is 2. The van der Waals surface area contributed by atoms with Crippen molar-refractivity contribution < 1.29 is 9.53 Å². The van der Waals surface area contributed by atoms with Crippen molar-refractivity contribution in [1.29, 1.82) is 0 Å². The van der Waals surface area contributed by atoms with E-state index in [4.69, 9.17) is 9.72 Å². The smallest absolute Gasteiger partial charge is 0.262 e. The van der Waals surface area contributed by atoms with Gasteiger partial charge in [0.1, 0.15) is 10.7 Å². The van der Waals surface area contributed by atoms with Gasteiger partial charge < -0.3 is 9.64 Å². The number of nitrogens with zero attached hydrogens (tertiary/aromatic N) is 4. The Hall–Kier alpha value is -1.77. The van der Waals surface area contributed by atoms with Gasteiger partial charge in [-0.2, -0.15) is 0 Å². The lowest BCUT2D eigenvalue weighted by atomic mass is 10.0. The lowest BCUT2D eigenvalue weighted by molar-refractivity contribution is -0.134. The van der Waals surface area contributed by atoms with E-state index in [0.717, 1.165) is 68.0 Å². The van der Waals surface area contributed by atoms with Crippen molar-refractivity contribution in [1.82, 2.24) is 19.4 Å². The molecule has 0 N–H and O–H groups in total. The molecule has 1 amide bonds. The Kier molecular flexibility index (Phi) is 4.52. The van der Waals surface area contributed by atoms with E-state index in [1.807, 2.05) is 11.6 Å². The van der Waals surface area contributed by atoms with E-state index in [0.29, 0.717) is 6.54 Å². The van der Waals surface area contributed by atoms with Gasteiger partial charge in [0.15, 0.2) is 0 Å². The average Bonchev–Trinajstić information content (AvgIpc) is 3.27. The van der Waals surface area contributed by atoms with Gasteiger partial charge in [-0.05, 0) is 24.8 Å². The van der Waals surface area contributed by atoms with Crippen LogP contribution in [0.15, 0.2) is 4.79 Å². The molecule has 4 heterocycles. The zero-order valence-corrected chi connectivity index (χ0v) is 17.3. The number of carbonyl (C=O) groups is 1. The van der Waals surface area contributed by atoms with Gasteiger partial charge in [0, 0.05) is 38.7 Å². The number of amides is 1. The minimum Gasteiger partial charge on any atom is -0.383 e. The maximum absolute atomic E-state index is 13.6. The van der Waals surface area contributed by atoms with E-state index in [2.05, 4.69) is 4.90 Å². The third-order valence-corrected chi connectivity index (χ3v) is 7.66. The second kappa shape index (κ2) is 6.93. The van der Waals surface area contributed by atoms with Crippen LogP contribution in [0.1, 0.15) is 41.6 Å². The highest BCUT2D eigenvalue weighted by molar-refractivity contribution is 7.18. The molecule has 150 valence electrons. The summed E-state index contributed by atoms with van der Waals surface area (Å²) in [6.45, 7) is 3.85.